The van der Waals surface area contributed by atoms with E-state index in [-0.39, 0.29) is 5.41 Å². The van der Waals surface area contributed by atoms with Crippen molar-refractivity contribution in [1.82, 2.24) is 0 Å². The molecule has 10 rings (SSSR count). The van der Waals surface area contributed by atoms with E-state index in [1.165, 1.54) is 75.1 Å². The van der Waals surface area contributed by atoms with Gasteiger partial charge in [-0.2, -0.15) is 0 Å². The molecule has 0 bridgehead atoms. The standard InChI is InChI=1S/C52H39NS/c1-33(21-28-40-34(2)39-13-5-6-14-41(39)43-16-8-7-15-42(40)43)53(38-27-30-51-47(32-38)46-18-10-12-20-50(46)54-51)37-25-22-35(23-26-37)36-24-29-45-44-17-9-11-19-48(44)52(3,4)49(45)31-36/h5-32H,2H2,1,3-4H3/b33-21+,40-28+. The summed E-state index contributed by atoms with van der Waals surface area (Å²) < 4.78 is 2.61. The first-order valence-electron chi connectivity index (χ1n) is 18.7. The first-order chi connectivity index (χ1) is 26.4. The molecule has 8 aromatic carbocycles. The van der Waals surface area contributed by atoms with E-state index in [0.717, 1.165) is 27.5 Å². The maximum absolute atomic E-state index is 4.60. The third-order valence-electron chi connectivity index (χ3n) is 11.6. The van der Waals surface area contributed by atoms with E-state index in [0.29, 0.717) is 0 Å². The number of fused-ring (bicyclic) bond motifs is 9. The normalized spacial score (nSPS) is 13.9. The van der Waals surface area contributed by atoms with Gasteiger partial charge in [0, 0.05) is 42.7 Å². The van der Waals surface area contributed by atoms with Gasteiger partial charge in [-0.3, -0.25) is 0 Å². The fourth-order valence-corrected chi connectivity index (χ4v) is 9.89. The molecule has 0 spiro atoms. The predicted molar refractivity (Wildman–Crippen MR) is 235 cm³/mol. The van der Waals surface area contributed by atoms with Crippen molar-refractivity contribution in [3.8, 4) is 22.3 Å². The molecule has 0 aliphatic heterocycles. The minimum atomic E-state index is -0.0359. The lowest BCUT2D eigenvalue weighted by Crippen LogP contribution is -2.25. The molecule has 0 radical (unpaired) electrons. The van der Waals surface area contributed by atoms with Gasteiger partial charge in [0.1, 0.15) is 0 Å². The largest absolute Gasteiger partial charge is 0.314 e. The second kappa shape index (κ2) is 12.4. The number of allylic oxidation sites excluding steroid dienone is 2. The molecule has 54 heavy (non-hydrogen) atoms. The van der Waals surface area contributed by atoms with Crippen LogP contribution in [0.5, 0.6) is 0 Å². The molecule has 1 aromatic heterocycles. The van der Waals surface area contributed by atoms with E-state index in [1.54, 1.807) is 0 Å². The summed E-state index contributed by atoms with van der Waals surface area (Å²) in [6.07, 6.45) is 4.52. The van der Waals surface area contributed by atoms with Crippen LogP contribution in [0.2, 0.25) is 0 Å². The van der Waals surface area contributed by atoms with Crippen LogP contribution in [0.1, 0.15) is 31.9 Å². The van der Waals surface area contributed by atoms with E-state index in [9.17, 15) is 0 Å². The number of benzene rings is 8. The maximum Gasteiger partial charge on any atom is 0.0465 e. The van der Waals surface area contributed by atoms with Crippen molar-refractivity contribution in [2.45, 2.75) is 26.2 Å². The Hall–Kier alpha value is -6.22. The summed E-state index contributed by atoms with van der Waals surface area (Å²) in [6.45, 7) is 11.5. The summed E-state index contributed by atoms with van der Waals surface area (Å²) >= 11 is 1.85. The van der Waals surface area contributed by atoms with Crippen LogP contribution in [0.4, 0.5) is 11.4 Å². The molecule has 0 amide bonds. The number of nitrogens with zero attached hydrogens (tertiary/aromatic N) is 1. The Labute approximate surface area is 320 Å². The van der Waals surface area contributed by atoms with Crippen LogP contribution < -0.4 is 15.3 Å². The van der Waals surface area contributed by atoms with Crippen molar-refractivity contribution in [2.75, 3.05) is 4.90 Å². The minimum Gasteiger partial charge on any atom is -0.314 e. The number of hydrogen-bond acceptors (Lipinski definition) is 2. The fourth-order valence-electron chi connectivity index (χ4n) is 8.81. The first kappa shape index (κ1) is 32.4. The second-order valence-electron chi connectivity index (χ2n) is 15.1. The van der Waals surface area contributed by atoms with E-state index >= 15 is 0 Å². The highest BCUT2D eigenvalue weighted by Gasteiger charge is 2.35. The molecule has 1 heterocycles. The van der Waals surface area contributed by atoms with Crippen LogP contribution in [-0.4, -0.2) is 0 Å². The molecule has 1 aliphatic carbocycles. The Morgan fingerprint density at radius 1 is 0.537 bits per heavy atom. The summed E-state index contributed by atoms with van der Waals surface area (Å²) in [5, 5.41) is 9.69. The van der Waals surface area contributed by atoms with E-state index in [2.05, 4.69) is 202 Å². The highest BCUT2D eigenvalue weighted by atomic mass is 32.1. The summed E-state index contributed by atoms with van der Waals surface area (Å²) in [7, 11) is 0. The monoisotopic (exact) mass is 709 g/mol. The van der Waals surface area contributed by atoms with Gasteiger partial charge in [-0.15, -0.1) is 11.3 Å². The summed E-state index contributed by atoms with van der Waals surface area (Å²) in [5.41, 5.74) is 11.3. The average Bonchev–Trinajstić information content (AvgIpc) is 3.69. The van der Waals surface area contributed by atoms with Crippen molar-refractivity contribution in [3.63, 3.8) is 0 Å². The molecule has 1 nitrogen and oxygen atoms in total. The fraction of sp³-hybridized carbons (Fsp3) is 0.0769. The summed E-state index contributed by atoms with van der Waals surface area (Å²) in [4.78, 5) is 2.39. The summed E-state index contributed by atoms with van der Waals surface area (Å²) in [6, 6.07) is 57.9. The SMILES string of the molecule is C=c1/c(=C\C=C(/C)N(c2ccc(-c3ccc4c(c3)C(C)(C)c3ccccc3-4)cc2)c2ccc3sc4ccccc4c3c2)c2ccccc2c2ccccc12. The Bertz CT molecular complexity index is 3110. The van der Waals surface area contributed by atoms with Gasteiger partial charge in [0.25, 0.3) is 0 Å². The molecule has 258 valence electrons. The molecule has 1 aliphatic rings. The van der Waals surface area contributed by atoms with Crippen LogP contribution in [0.3, 0.4) is 0 Å². The average molecular weight is 710 g/mol. The molecule has 0 N–H and O–H groups in total. The third kappa shape index (κ3) is 5.05. The zero-order valence-electron chi connectivity index (χ0n) is 30.7. The highest BCUT2D eigenvalue weighted by Crippen LogP contribution is 2.49. The van der Waals surface area contributed by atoms with Gasteiger partial charge in [-0.05, 0) is 121 Å². The van der Waals surface area contributed by atoms with E-state index in [1.807, 2.05) is 11.3 Å². The topological polar surface area (TPSA) is 3.24 Å². The lowest BCUT2D eigenvalue weighted by Gasteiger charge is -2.26. The van der Waals surface area contributed by atoms with Crippen molar-refractivity contribution in [1.29, 1.82) is 0 Å². The molecule has 0 saturated carbocycles. The number of thiophene rings is 1. The zero-order valence-corrected chi connectivity index (χ0v) is 31.5. The predicted octanol–water partition coefficient (Wildman–Crippen LogP) is 13.3. The van der Waals surface area contributed by atoms with Crippen LogP contribution in [0.15, 0.2) is 169 Å². The number of hydrogen-bond donors (Lipinski definition) is 0. The third-order valence-corrected chi connectivity index (χ3v) is 12.7. The zero-order chi connectivity index (χ0) is 36.6. The van der Waals surface area contributed by atoms with Gasteiger partial charge < -0.3 is 4.90 Å². The maximum atomic E-state index is 4.60. The van der Waals surface area contributed by atoms with Gasteiger partial charge in [-0.25, -0.2) is 0 Å². The second-order valence-corrected chi connectivity index (χ2v) is 16.1. The van der Waals surface area contributed by atoms with Gasteiger partial charge in [-0.1, -0.05) is 142 Å². The molecule has 2 heteroatoms. The lowest BCUT2D eigenvalue weighted by molar-refractivity contribution is 0.660. The van der Waals surface area contributed by atoms with Gasteiger partial charge in [0.05, 0.1) is 0 Å². The van der Waals surface area contributed by atoms with Crippen molar-refractivity contribution < 1.29 is 0 Å². The van der Waals surface area contributed by atoms with Crippen molar-refractivity contribution >= 4 is 77.1 Å². The molecular formula is C52H39NS. The van der Waals surface area contributed by atoms with Crippen LogP contribution >= 0.6 is 11.3 Å². The number of rotatable bonds is 5. The molecule has 0 atom stereocenters. The minimum absolute atomic E-state index is 0.0359. The van der Waals surface area contributed by atoms with Crippen LogP contribution in [0.25, 0.3) is 76.6 Å². The van der Waals surface area contributed by atoms with Crippen LogP contribution in [0, 0.1) is 0 Å². The van der Waals surface area contributed by atoms with Gasteiger partial charge >= 0.3 is 0 Å². The Kier molecular flexibility index (Phi) is 7.47. The quantitative estimate of drug-likeness (QED) is 0.161. The number of anilines is 2. The lowest BCUT2D eigenvalue weighted by atomic mass is 9.81. The first-order valence-corrected chi connectivity index (χ1v) is 19.5. The molecule has 0 fully saturated rings. The van der Waals surface area contributed by atoms with Gasteiger partial charge in [0.15, 0.2) is 0 Å². The molecular weight excluding hydrogens is 671 g/mol. The van der Waals surface area contributed by atoms with Gasteiger partial charge in [0.2, 0.25) is 0 Å². The molecule has 0 saturated heterocycles. The Balaban J connectivity index is 1.11. The molecule has 0 unspecified atom stereocenters. The highest BCUT2D eigenvalue weighted by molar-refractivity contribution is 7.25. The molecule has 9 aromatic rings. The smallest absolute Gasteiger partial charge is 0.0465 e. The van der Waals surface area contributed by atoms with E-state index in [4.69, 9.17) is 0 Å². The summed E-state index contributed by atoms with van der Waals surface area (Å²) in [5.74, 6) is 0. The Morgan fingerprint density at radius 3 is 1.93 bits per heavy atom. The van der Waals surface area contributed by atoms with Crippen LogP contribution in [-0.2, 0) is 5.41 Å². The van der Waals surface area contributed by atoms with Crippen molar-refractivity contribution in [3.05, 3.63) is 191 Å². The van der Waals surface area contributed by atoms with Crippen molar-refractivity contribution in [2.24, 2.45) is 0 Å². The van der Waals surface area contributed by atoms with E-state index < -0.39 is 0 Å². The Morgan fingerprint density at radius 2 is 1.13 bits per heavy atom.